The highest BCUT2D eigenvalue weighted by Crippen LogP contribution is 2.25. The van der Waals surface area contributed by atoms with Crippen LogP contribution in [-0.4, -0.2) is 32.7 Å². The number of rotatable bonds is 5. The summed E-state index contributed by atoms with van der Waals surface area (Å²) in [5, 5.41) is 0.150. The first-order valence-electron chi connectivity index (χ1n) is 6.13. The molecule has 1 aliphatic carbocycles. The van der Waals surface area contributed by atoms with Crippen LogP contribution in [0, 0.1) is 0 Å². The molecule has 9 heteroatoms. The van der Waals surface area contributed by atoms with Crippen LogP contribution in [-0.2, 0) is 14.8 Å². The molecule has 0 radical (unpaired) electrons. The number of hydrazine groups is 1. The second-order valence-electron chi connectivity index (χ2n) is 4.63. The maximum Gasteiger partial charge on any atom is 0.242 e. The Morgan fingerprint density at radius 2 is 2.25 bits per heavy atom. The topological polar surface area (TPSA) is 106 Å². The molecule has 0 spiro atoms. The number of nitrogen functional groups attached to an aromatic ring is 1. The summed E-state index contributed by atoms with van der Waals surface area (Å²) in [5.74, 6) is 5.42. The molecule has 0 amide bonds. The Labute approximate surface area is 122 Å². The number of halogens is 1. The Bertz CT molecular complexity index is 581. The molecule has 2 rings (SSSR count). The van der Waals surface area contributed by atoms with Crippen molar-refractivity contribution in [1.82, 2.24) is 9.71 Å². The van der Waals surface area contributed by atoms with Gasteiger partial charge in [-0.3, -0.25) is 0 Å². The van der Waals surface area contributed by atoms with E-state index in [9.17, 15) is 8.42 Å². The summed E-state index contributed by atoms with van der Waals surface area (Å²) >= 11 is 5.88. The summed E-state index contributed by atoms with van der Waals surface area (Å²) in [6.07, 6.45) is 3.58. The van der Waals surface area contributed by atoms with Crippen LogP contribution >= 0.6 is 11.6 Å². The van der Waals surface area contributed by atoms with Gasteiger partial charge in [-0.05, 0) is 25.3 Å². The molecule has 2 atom stereocenters. The molecule has 0 aliphatic heterocycles. The minimum absolute atomic E-state index is 0.0161. The Kier molecular flexibility index (Phi) is 4.82. The van der Waals surface area contributed by atoms with Crippen molar-refractivity contribution in [3.63, 3.8) is 0 Å². The monoisotopic (exact) mass is 320 g/mol. The predicted molar refractivity (Wildman–Crippen MR) is 75.8 cm³/mol. The van der Waals surface area contributed by atoms with Crippen molar-refractivity contribution in [2.75, 3.05) is 12.5 Å². The number of hydrogen-bond donors (Lipinski definition) is 3. The van der Waals surface area contributed by atoms with Crippen molar-refractivity contribution in [3.8, 4) is 0 Å². The first-order valence-corrected chi connectivity index (χ1v) is 7.99. The normalized spacial score (nSPS) is 22.9. The SMILES string of the molecule is COC1CCC(NS(=O)(=O)c2cnc(NN)c(Cl)c2)C1. The fourth-order valence-electron chi connectivity index (χ4n) is 2.22. The first kappa shape index (κ1) is 15.5. The quantitative estimate of drug-likeness (QED) is 0.549. The van der Waals surface area contributed by atoms with Gasteiger partial charge in [0.15, 0.2) is 5.82 Å². The minimum Gasteiger partial charge on any atom is -0.381 e. The van der Waals surface area contributed by atoms with E-state index in [0.717, 1.165) is 12.8 Å². The molecular formula is C11H17ClN4O3S. The summed E-state index contributed by atoms with van der Waals surface area (Å²) in [6, 6.07) is 1.19. The number of nitrogens with two attached hydrogens (primary N) is 1. The van der Waals surface area contributed by atoms with Gasteiger partial charge in [0.25, 0.3) is 0 Å². The molecule has 1 saturated carbocycles. The summed E-state index contributed by atoms with van der Waals surface area (Å²) in [7, 11) is -2.02. The van der Waals surface area contributed by atoms with Gasteiger partial charge in [0.05, 0.1) is 11.1 Å². The molecule has 1 aliphatic rings. The van der Waals surface area contributed by atoms with Gasteiger partial charge < -0.3 is 10.2 Å². The molecule has 112 valence electrons. The summed E-state index contributed by atoms with van der Waals surface area (Å²) in [5.41, 5.74) is 2.29. The Morgan fingerprint density at radius 3 is 2.80 bits per heavy atom. The van der Waals surface area contributed by atoms with Gasteiger partial charge in [0, 0.05) is 19.3 Å². The van der Waals surface area contributed by atoms with E-state index in [4.69, 9.17) is 22.2 Å². The van der Waals surface area contributed by atoms with Gasteiger partial charge >= 0.3 is 0 Å². The van der Waals surface area contributed by atoms with Crippen LogP contribution in [0.5, 0.6) is 0 Å². The van der Waals surface area contributed by atoms with Crippen LogP contribution in [0.15, 0.2) is 17.2 Å². The van der Waals surface area contributed by atoms with E-state index >= 15 is 0 Å². The smallest absolute Gasteiger partial charge is 0.242 e. The molecule has 1 aromatic rings. The van der Waals surface area contributed by atoms with Gasteiger partial charge in [-0.25, -0.2) is 24.0 Å². The first-order chi connectivity index (χ1) is 9.46. The van der Waals surface area contributed by atoms with Crippen LogP contribution < -0.4 is 16.0 Å². The lowest BCUT2D eigenvalue weighted by Crippen LogP contribution is -2.33. The van der Waals surface area contributed by atoms with Crippen LogP contribution in [0.3, 0.4) is 0 Å². The van der Waals surface area contributed by atoms with Crippen molar-refractivity contribution < 1.29 is 13.2 Å². The molecule has 7 nitrogen and oxygen atoms in total. The van der Waals surface area contributed by atoms with Crippen LogP contribution in [0.1, 0.15) is 19.3 Å². The van der Waals surface area contributed by atoms with Gasteiger partial charge in [0.2, 0.25) is 10.0 Å². The molecule has 0 saturated heterocycles. The number of hydrogen-bond acceptors (Lipinski definition) is 6. The zero-order chi connectivity index (χ0) is 14.8. The van der Waals surface area contributed by atoms with Crippen LogP contribution in [0.25, 0.3) is 0 Å². The molecule has 1 heterocycles. The lowest BCUT2D eigenvalue weighted by atomic mass is 10.3. The largest absolute Gasteiger partial charge is 0.381 e. The fraction of sp³-hybridized carbons (Fsp3) is 0.545. The lowest BCUT2D eigenvalue weighted by Gasteiger charge is -2.14. The van der Waals surface area contributed by atoms with Crippen molar-refractivity contribution in [3.05, 3.63) is 17.3 Å². The number of nitrogens with one attached hydrogen (secondary N) is 2. The molecule has 2 unspecified atom stereocenters. The van der Waals surface area contributed by atoms with E-state index in [2.05, 4.69) is 15.1 Å². The number of sulfonamides is 1. The second kappa shape index (κ2) is 6.23. The summed E-state index contributed by atoms with van der Waals surface area (Å²) in [6.45, 7) is 0. The average Bonchev–Trinajstić information content (AvgIpc) is 2.85. The molecule has 20 heavy (non-hydrogen) atoms. The zero-order valence-corrected chi connectivity index (χ0v) is 12.5. The highest BCUT2D eigenvalue weighted by molar-refractivity contribution is 7.89. The number of anilines is 1. The Hall–Kier alpha value is -0.930. The standard InChI is InChI=1S/C11H17ClN4O3S/c1-19-8-3-2-7(4-8)16-20(17,18)9-5-10(12)11(15-13)14-6-9/h5-8,16H,2-4,13H2,1H3,(H,14,15). The van der Waals surface area contributed by atoms with Crippen LogP contribution in [0.2, 0.25) is 5.02 Å². The van der Waals surface area contributed by atoms with E-state index in [1.165, 1.54) is 12.3 Å². The molecule has 0 bridgehead atoms. The second-order valence-corrected chi connectivity index (χ2v) is 6.76. The van der Waals surface area contributed by atoms with E-state index in [1.54, 1.807) is 7.11 Å². The van der Waals surface area contributed by atoms with Crippen molar-refractivity contribution in [2.45, 2.75) is 36.3 Å². The Balaban J connectivity index is 2.12. The molecule has 1 fully saturated rings. The van der Waals surface area contributed by atoms with E-state index in [1.807, 2.05) is 0 Å². The Morgan fingerprint density at radius 1 is 1.50 bits per heavy atom. The number of ether oxygens (including phenoxy) is 1. The van der Waals surface area contributed by atoms with Crippen LogP contribution in [0.4, 0.5) is 5.82 Å². The number of pyridine rings is 1. The maximum atomic E-state index is 12.2. The minimum atomic E-state index is -3.64. The number of aromatic nitrogens is 1. The highest BCUT2D eigenvalue weighted by Gasteiger charge is 2.29. The average molecular weight is 321 g/mol. The third-order valence-corrected chi connectivity index (χ3v) is 5.08. The number of nitrogens with zero attached hydrogens (tertiary/aromatic N) is 1. The lowest BCUT2D eigenvalue weighted by molar-refractivity contribution is 0.107. The fourth-order valence-corrected chi connectivity index (χ4v) is 3.76. The summed E-state index contributed by atoms with van der Waals surface area (Å²) < 4.78 is 32.3. The molecule has 1 aromatic heterocycles. The predicted octanol–water partition coefficient (Wildman–Crippen LogP) is 0.866. The van der Waals surface area contributed by atoms with Gasteiger partial charge in [-0.1, -0.05) is 11.6 Å². The molecule has 4 N–H and O–H groups in total. The zero-order valence-electron chi connectivity index (χ0n) is 11.0. The van der Waals surface area contributed by atoms with Gasteiger partial charge in [0.1, 0.15) is 4.90 Å². The summed E-state index contributed by atoms with van der Waals surface area (Å²) in [4.78, 5) is 3.87. The third kappa shape index (κ3) is 3.39. The van der Waals surface area contributed by atoms with Crippen molar-refractivity contribution in [1.29, 1.82) is 0 Å². The van der Waals surface area contributed by atoms with E-state index in [-0.39, 0.29) is 27.9 Å². The molecular weight excluding hydrogens is 304 g/mol. The number of methoxy groups -OCH3 is 1. The van der Waals surface area contributed by atoms with Gasteiger partial charge in [-0.2, -0.15) is 0 Å². The van der Waals surface area contributed by atoms with E-state index in [0.29, 0.717) is 6.42 Å². The highest BCUT2D eigenvalue weighted by atomic mass is 35.5. The third-order valence-electron chi connectivity index (χ3n) is 3.30. The van der Waals surface area contributed by atoms with Crippen molar-refractivity contribution >= 4 is 27.4 Å². The van der Waals surface area contributed by atoms with Gasteiger partial charge in [-0.15, -0.1) is 0 Å². The van der Waals surface area contributed by atoms with E-state index < -0.39 is 10.0 Å². The maximum absolute atomic E-state index is 12.2. The molecule has 0 aromatic carbocycles. The van der Waals surface area contributed by atoms with Crippen molar-refractivity contribution in [2.24, 2.45) is 5.84 Å².